The predicted octanol–water partition coefficient (Wildman–Crippen LogP) is 2.74. The molecular formula is C14H30N2. The Kier molecular flexibility index (Phi) is 4.42. The molecule has 0 aliphatic carbocycles. The van der Waals surface area contributed by atoms with E-state index >= 15 is 0 Å². The van der Waals surface area contributed by atoms with Crippen LogP contribution in [0.3, 0.4) is 0 Å². The van der Waals surface area contributed by atoms with E-state index in [1.165, 1.54) is 13.0 Å². The van der Waals surface area contributed by atoms with E-state index in [0.29, 0.717) is 23.5 Å². The molecule has 0 spiro atoms. The molecule has 1 fully saturated rings. The van der Waals surface area contributed by atoms with Crippen molar-refractivity contribution in [1.82, 2.24) is 10.2 Å². The molecule has 4 unspecified atom stereocenters. The number of rotatable bonds is 2. The molecule has 2 nitrogen and oxygen atoms in total. The Balaban J connectivity index is 2.71. The molecule has 1 N–H and O–H groups in total. The van der Waals surface area contributed by atoms with Gasteiger partial charge in [0.05, 0.1) is 0 Å². The van der Waals surface area contributed by atoms with Crippen LogP contribution in [-0.4, -0.2) is 36.6 Å². The van der Waals surface area contributed by atoms with E-state index in [1.54, 1.807) is 0 Å². The minimum absolute atomic E-state index is 0.375. The molecule has 0 bridgehead atoms. The van der Waals surface area contributed by atoms with Gasteiger partial charge in [-0.2, -0.15) is 0 Å². The number of piperidine rings is 1. The van der Waals surface area contributed by atoms with Crippen molar-refractivity contribution in [2.45, 2.75) is 66.1 Å². The van der Waals surface area contributed by atoms with Crippen molar-refractivity contribution in [2.75, 3.05) is 13.6 Å². The second kappa shape index (κ2) is 5.05. The summed E-state index contributed by atoms with van der Waals surface area (Å²) in [6, 6.07) is 2.03. The lowest BCUT2D eigenvalue weighted by atomic mass is 9.81. The van der Waals surface area contributed by atoms with Gasteiger partial charge in [0.25, 0.3) is 0 Å². The number of likely N-dealkylation sites (tertiary alicyclic amines) is 1. The summed E-state index contributed by atoms with van der Waals surface area (Å²) in [6.07, 6.45) is 1.28. The Morgan fingerprint density at radius 1 is 1.25 bits per heavy atom. The van der Waals surface area contributed by atoms with Gasteiger partial charge in [-0.05, 0) is 38.6 Å². The van der Waals surface area contributed by atoms with Crippen molar-refractivity contribution >= 4 is 0 Å². The van der Waals surface area contributed by atoms with E-state index in [1.807, 2.05) is 0 Å². The summed E-state index contributed by atoms with van der Waals surface area (Å²) in [4.78, 5) is 2.69. The number of hydrogen-bond acceptors (Lipinski definition) is 2. The van der Waals surface area contributed by atoms with Crippen LogP contribution >= 0.6 is 0 Å². The molecule has 1 rings (SSSR count). The van der Waals surface area contributed by atoms with Crippen molar-refractivity contribution in [3.8, 4) is 0 Å². The van der Waals surface area contributed by atoms with E-state index in [9.17, 15) is 0 Å². The molecule has 2 heteroatoms. The highest BCUT2D eigenvalue weighted by Crippen LogP contribution is 2.31. The quantitative estimate of drug-likeness (QED) is 0.779. The molecule has 16 heavy (non-hydrogen) atoms. The molecule has 1 aliphatic heterocycles. The van der Waals surface area contributed by atoms with Gasteiger partial charge in [0.2, 0.25) is 0 Å². The maximum Gasteiger partial charge on any atom is 0.0118 e. The van der Waals surface area contributed by atoms with Crippen LogP contribution in [0.2, 0.25) is 0 Å². The number of hydrogen-bond donors (Lipinski definition) is 1. The molecule has 4 atom stereocenters. The Labute approximate surface area is 102 Å². The standard InChI is InChI=1S/C14H30N2/c1-10-11(2)16(9-8-13(10)15-7)12(3)14(4,5)6/h10-13,15H,8-9H2,1-7H3. The molecule has 0 aromatic carbocycles. The van der Waals surface area contributed by atoms with E-state index in [2.05, 4.69) is 58.8 Å². The van der Waals surface area contributed by atoms with Crippen molar-refractivity contribution in [2.24, 2.45) is 11.3 Å². The van der Waals surface area contributed by atoms with Crippen LogP contribution in [0.15, 0.2) is 0 Å². The fourth-order valence-electron chi connectivity index (χ4n) is 2.84. The van der Waals surface area contributed by atoms with Crippen molar-refractivity contribution in [3.05, 3.63) is 0 Å². The Morgan fingerprint density at radius 2 is 1.81 bits per heavy atom. The zero-order chi connectivity index (χ0) is 12.5. The van der Waals surface area contributed by atoms with E-state index < -0.39 is 0 Å². The smallest absolute Gasteiger partial charge is 0.0118 e. The topological polar surface area (TPSA) is 15.3 Å². The van der Waals surface area contributed by atoms with Gasteiger partial charge in [0, 0.05) is 24.7 Å². The number of nitrogens with one attached hydrogen (secondary N) is 1. The summed E-state index contributed by atoms with van der Waals surface area (Å²) in [5, 5.41) is 3.46. The van der Waals surface area contributed by atoms with Gasteiger partial charge in [-0.1, -0.05) is 27.7 Å². The molecule has 0 aromatic heterocycles. The monoisotopic (exact) mass is 226 g/mol. The number of nitrogens with zero attached hydrogens (tertiary/aromatic N) is 1. The van der Waals surface area contributed by atoms with Crippen LogP contribution in [0.4, 0.5) is 0 Å². The highest BCUT2D eigenvalue weighted by Gasteiger charge is 2.37. The van der Waals surface area contributed by atoms with Gasteiger partial charge in [-0.15, -0.1) is 0 Å². The van der Waals surface area contributed by atoms with E-state index in [0.717, 1.165) is 5.92 Å². The molecule has 1 aliphatic rings. The molecule has 0 aromatic rings. The van der Waals surface area contributed by atoms with Gasteiger partial charge in [0.1, 0.15) is 0 Å². The first kappa shape index (κ1) is 14.0. The largest absolute Gasteiger partial charge is 0.317 e. The average Bonchev–Trinajstić information content (AvgIpc) is 2.20. The van der Waals surface area contributed by atoms with Crippen LogP contribution < -0.4 is 5.32 Å². The lowest BCUT2D eigenvalue weighted by Crippen LogP contribution is -2.57. The van der Waals surface area contributed by atoms with Crippen molar-refractivity contribution in [3.63, 3.8) is 0 Å². The Bertz CT molecular complexity index is 219. The predicted molar refractivity (Wildman–Crippen MR) is 71.7 cm³/mol. The van der Waals surface area contributed by atoms with Gasteiger partial charge < -0.3 is 5.32 Å². The van der Waals surface area contributed by atoms with E-state index in [4.69, 9.17) is 0 Å². The van der Waals surface area contributed by atoms with Gasteiger partial charge >= 0.3 is 0 Å². The Hall–Kier alpha value is -0.0800. The summed E-state index contributed by atoms with van der Waals surface area (Å²) < 4.78 is 0. The molecule has 0 amide bonds. The van der Waals surface area contributed by atoms with Crippen LogP contribution in [0, 0.1) is 11.3 Å². The normalized spacial score (nSPS) is 35.1. The Morgan fingerprint density at radius 3 is 2.25 bits per heavy atom. The maximum absolute atomic E-state index is 3.46. The summed E-state index contributed by atoms with van der Waals surface area (Å²) in [5.74, 6) is 0.739. The summed E-state index contributed by atoms with van der Waals surface area (Å²) in [7, 11) is 2.09. The summed E-state index contributed by atoms with van der Waals surface area (Å²) in [5.41, 5.74) is 0.375. The minimum Gasteiger partial charge on any atom is -0.317 e. The van der Waals surface area contributed by atoms with Gasteiger partial charge in [-0.25, -0.2) is 0 Å². The minimum atomic E-state index is 0.375. The average molecular weight is 226 g/mol. The second-order valence-electron chi connectivity index (χ2n) is 6.56. The van der Waals surface area contributed by atoms with Crippen LogP contribution in [0.5, 0.6) is 0 Å². The SMILES string of the molecule is CNC1CCN(C(C)C(C)(C)C)C(C)C1C. The molecule has 0 saturated carbocycles. The first-order valence-corrected chi connectivity index (χ1v) is 6.72. The van der Waals surface area contributed by atoms with Gasteiger partial charge in [-0.3, -0.25) is 4.90 Å². The third-order valence-electron chi connectivity index (χ3n) is 4.74. The van der Waals surface area contributed by atoms with Crippen LogP contribution in [-0.2, 0) is 0 Å². The van der Waals surface area contributed by atoms with Crippen LogP contribution in [0.1, 0.15) is 48.0 Å². The first-order chi connectivity index (χ1) is 7.29. The molecular weight excluding hydrogens is 196 g/mol. The molecule has 1 heterocycles. The van der Waals surface area contributed by atoms with Gasteiger partial charge in [0.15, 0.2) is 0 Å². The third-order valence-corrected chi connectivity index (χ3v) is 4.74. The van der Waals surface area contributed by atoms with Crippen LogP contribution in [0.25, 0.3) is 0 Å². The fourth-order valence-corrected chi connectivity index (χ4v) is 2.84. The lowest BCUT2D eigenvalue weighted by molar-refractivity contribution is 0.0126. The maximum atomic E-state index is 3.46. The summed E-state index contributed by atoms with van der Waals surface area (Å²) in [6.45, 7) is 15.4. The zero-order valence-corrected chi connectivity index (χ0v) is 12.2. The highest BCUT2D eigenvalue weighted by atomic mass is 15.2. The lowest BCUT2D eigenvalue weighted by Gasteiger charge is -2.49. The molecule has 0 radical (unpaired) electrons. The zero-order valence-electron chi connectivity index (χ0n) is 12.2. The fraction of sp³-hybridized carbons (Fsp3) is 1.00. The second-order valence-corrected chi connectivity index (χ2v) is 6.56. The third kappa shape index (κ3) is 2.78. The highest BCUT2D eigenvalue weighted by molar-refractivity contribution is 4.92. The first-order valence-electron chi connectivity index (χ1n) is 6.72. The van der Waals surface area contributed by atoms with Crippen molar-refractivity contribution in [1.29, 1.82) is 0 Å². The van der Waals surface area contributed by atoms with Crippen molar-refractivity contribution < 1.29 is 0 Å². The van der Waals surface area contributed by atoms with E-state index in [-0.39, 0.29) is 0 Å². The molecule has 1 saturated heterocycles. The summed E-state index contributed by atoms with van der Waals surface area (Å²) >= 11 is 0. The molecule has 96 valence electrons.